The Balaban J connectivity index is 1.95. The zero-order valence-electron chi connectivity index (χ0n) is 25.7. The van der Waals surface area contributed by atoms with Gasteiger partial charge < -0.3 is 9.47 Å². The Kier molecular flexibility index (Phi) is 8.74. The van der Waals surface area contributed by atoms with Gasteiger partial charge in [-0.05, 0) is 89.3 Å². The van der Waals surface area contributed by atoms with Crippen molar-refractivity contribution in [3.63, 3.8) is 0 Å². The first kappa shape index (κ1) is 30.8. The highest BCUT2D eigenvalue weighted by Crippen LogP contribution is 2.41. The Morgan fingerprint density at radius 2 is 1.46 bits per heavy atom. The lowest BCUT2D eigenvalue weighted by molar-refractivity contribution is -0.161. The molecule has 41 heavy (non-hydrogen) atoms. The van der Waals surface area contributed by atoms with Crippen molar-refractivity contribution >= 4 is 32.9 Å². The number of carbonyl (C=O) groups is 2. The normalized spacial score (nSPS) is 15.7. The number of hydrogen-bond acceptors (Lipinski definition) is 6. The molecule has 1 atom stereocenters. The lowest BCUT2D eigenvalue weighted by atomic mass is 9.83. The fourth-order valence-electron chi connectivity index (χ4n) is 6.22. The van der Waals surface area contributed by atoms with Gasteiger partial charge in [0.2, 0.25) is 0 Å². The number of nitrogens with zero attached hydrogens (tertiary/aromatic N) is 1. The molecular weight excluding hydrogens is 538 g/mol. The molecule has 0 radical (unpaired) electrons. The van der Waals surface area contributed by atoms with Crippen LogP contribution in [-0.2, 0) is 41.9 Å². The number of ether oxygens (including phenoxy) is 2. The Bertz CT molecular complexity index is 1550. The summed E-state index contributed by atoms with van der Waals surface area (Å²) in [6, 6.07) is 7.92. The smallest absolute Gasteiger partial charge is 0.320 e. The zero-order chi connectivity index (χ0) is 30.4. The lowest BCUT2D eigenvalue weighted by Gasteiger charge is -2.24. The molecule has 0 amide bonds. The topological polar surface area (TPSA) is 91.7 Å². The SMILES string of the molecule is COC(=O)C(C(=O)OC)C1CCc2cn(S(=O)(=O)c3c(C(C)C)cc(C(C)C)cc3C(C)C)c3ccc(C)c(c23)C1. The van der Waals surface area contributed by atoms with Gasteiger partial charge >= 0.3 is 11.9 Å². The summed E-state index contributed by atoms with van der Waals surface area (Å²) < 4.78 is 40.8. The van der Waals surface area contributed by atoms with Gasteiger partial charge in [0.15, 0.2) is 5.92 Å². The van der Waals surface area contributed by atoms with Gasteiger partial charge in [-0.15, -0.1) is 0 Å². The molecule has 0 fully saturated rings. The van der Waals surface area contributed by atoms with E-state index < -0.39 is 27.9 Å². The van der Waals surface area contributed by atoms with Crippen molar-refractivity contribution in [2.45, 2.75) is 90.4 Å². The molecular formula is C33H43NO6S. The van der Waals surface area contributed by atoms with Gasteiger partial charge in [0, 0.05) is 11.6 Å². The number of aromatic nitrogens is 1. The maximum Gasteiger partial charge on any atom is 0.320 e. The third-order valence-electron chi connectivity index (χ3n) is 8.59. The molecule has 0 N–H and O–H groups in total. The largest absolute Gasteiger partial charge is 0.468 e. The molecule has 1 aromatic heterocycles. The summed E-state index contributed by atoms with van der Waals surface area (Å²) in [4.78, 5) is 25.7. The summed E-state index contributed by atoms with van der Waals surface area (Å²) in [6.07, 6.45) is 3.22. The van der Waals surface area contributed by atoms with Crippen molar-refractivity contribution < 1.29 is 27.5 Å². The molecule has 0 saturated carbocycles. The van der Waals surface area contributed by atoms with Crippen LogP contribution in [0.5, 0.6) is 0 Å². The maximum atomic E-state index is 14.7. The number of benzene rings is 2. The van der Waals surface area contributed by atoms with Crippen LogP contribution < -0.4 is 0 Å². The van der Waals surface area contributed by atoms with E-state index in [0.29, 0.717) is 29.7 Å². The standard InChI is InChI=1S/C33H43NO6S/c1-18(2)24-15-25(19(3)4)31(26(16-24)20(5)6)41(37,38)34-17-23-12-11-22(30(32(35)39-8)33(36)40-9)14-27-21(7)10-13-28(34)29(23)27/h10,13,15-20,22,30H,11-12,14H2,1-9H3. The first-order valence-electron chi connectivity index (χ1n) is 14.5. The van der Waals surface area contributed by atoms with Gasteiger partial charge in [0.05, 0.1) is 24.6 Å². The highest BCUT2D eigenvalue weighted by atomic mass is 32.2. The fraction of sp³-hybridized carbons (Fsp3) is 0.515. The van der Waals surface area contributed by atoms with E-state index in [-0.39, 0.29) is 23.7 Å². The van der Waals surface area contributed by atoms with Gasteiger partial charge in [-0.1, -0.05) is 59.7 Å². The molecule has 2 aromatic carbocycles. The highest BCUT2D eigenvalue weighted by molar-refractivity contribution is 7.90. The van der Waals surface area contributed by atoms with Crippen LogP contribution >= 0.6 is 0 Å². The second-order valence-corrected chi connectivity index (χ2v) is 14.0. The molecule has 0 bridgehead atoms. The van der Waals surface area contributed by atoms with E-state index in [4.69, 9.17) is 9.47 Å². The minimum absolute atomic E-state index is 0.0169. The Labute approximate surface area is 244 Å². The van der Waals surface area contributed by atoms with Crippen LogP contribution in [0.3, 0.4) is 0 Å². The zero-order valence-corrected chi connectivity index (χ0v) is 26.5. The van der Waals surface area contributed by atoms with Gasteiger partial charge in [-0.2, -0.15) is 0 Å². The minimum Gasteiger partial charge on any atom is -0.468 e. The molecule has 0 saturated heterocycles. The maximum absolute atomic E-state index is 14.7. The number of methoxy groups -OCH3 is 2. The Hall–Kier alpha value is -3.13. The summed E-state index contributed by atoms with van der Waals surface area (Å²) in [5, 5.41) is 0.889. The van der Waals surface area contributed by atoms with Crippen molar-refractivity contribution in [3.05, 3.63) is 63.8 Å². The molecule has 1 heterocycles. The molecule has 7 nitrogen and oxygen atoms in total. The molecule has 1 unspecified atom stereocenters. The summed E-state index contributed by atoms with van der Waals surface area (Å²) in [5.74, 6) is -2.29. The van der Waals surface area contributed by atoms with E-state index >= 15 is 0 Å². The lowest BCUT2D eigenvalue weighted by Crippen LogP contribution is -2.34. The summed E-state index contributed by atoms with van der Waals surface area (Å²) in [6.45, 7) is 14.4. The highest BCUT2D eigenvalue weighted by Gasteiger charge is 2.39. The average molecular weight is 582 g/mol. The van der Waals surface area contributed by atoms with Crippen LogP contribution in [0.15, 0.2) is 35.4 Å². The number of esters is 2. The second-order valence-electron chi connectivity index (χ2n) is 12.2. The van der Waals surface area contributed by atoms with Crippen LogP contribution in [0.4, 0.5) is 0 Å². The third kappa shape index (κ3) is 5.43. The van der Waals surface area contributed by atoms with Crippen molar-refractivity contribution in [1.82, 2.24) is 3.97 Å². The first-order valence-corrected chi connectivity index (χ1v) is 15.9. The number of aryl methyl sites for hydroxylation is 2. The van der Waals surface area contributed by atoms with Gasteiger partial charge in [0.1, 0.15) is 0 Å². The monoisotopic (exact) mass is 581 g/mol. The molecule has 1 aliphatic rings. The first-order chi connectivity index (χ1) is 19.2. The van der Waals surface area contributed by atoms with Gasteiger partial charge in [0.25, 0.3) is 10.0 Å². The van der Waals surface area contributed by atoms with E-state index in [2.05, 4.69) is 26.0 Å². The van der Waals surface area contributed by atoms with Crippen molar-refractivity contribution in [1.29, 1.82) is 0 Å². The average Bonchev–Trinajstić information content (AvgIpc) is 3.20. The summed E-state index contributed by atoms with van der Waals surface area (Å²) in [5.41, 5.74) is 6.26. The molecule has 3 aromatic rings. The fourth-order valence-corrected chi connectivity index (χ4v) is 8.28. The number of carbonyl (C=O) groups excluding carboxylic acids is 2. The van der Waals surface area contributed by atoms with E-state index in [1.54, 1.807) is 6.20 Å². The van der Waals surface area contributed by atoms with Crippen LogP contribution in [0.1, 0.15) is 99.1 Å². The number of hydrogen-bond donors (Lipinski definition) is 0. The number of rotatable bonds is 8. The van der Waals surface area contributed by atoms with Crippen molar-refractivity contribution in [2.24, 2.45) is 11.8 Å². The second kappa shape index (κ2) is 11.6. The molecule has 0 spiro atoms. The van der Waals surface area contributed by atoms with Crippen molar-refractivity contribution in [3.8, 4) is 0 Å². The molecule has 8 heteroatoms. The quantitative estimate of drug-likeness (QED) is 0.219. The minimum atomic E-state index is -3.96. The predicted octanol–water partition coefficient (Wildman–Crippen LogP) is 6.62. The van der Waals surface area contributed by atoms with Crippen LogP contribution in [0, 0.1) is 18.8 Å². The summed E-state index contributed by atoms with van der Waals surface area (Å²) in [7, 11) is -1.41. The molecule has 222 valence electrons. The van der Waals surface area contributed by atoms with Crippen LogP contribution in [0.2, 0.25) is 0 Å². The van der Waals surface area contributed by atoms with E-state index in [1.165, 1.54) is 18.2 Å². The molecule has 1 aliphatic carbocycles. The Morgan fingerprint density at radius 1 is 0.902 bits per heavy atom. The van der Waals surface area contributed by atoms with Crippen molar-refractivity contribution in [2.75, 3.05) is 14.2 Å². The van der Waals surface area contributed by atoms with E-state index in [0.717, 1.165) is 38.8 Å². The molecule has 0 aliphatic heterocycles. The third-order valence-corrected chi connectivity index (χ3v) is 10.4. The Morgan fingerprint density at radius 3 is 1.95 bits per heavy atom. The van der Waals surface area contributed by atoms with Gasteiger partial charge in [-0.3, -0.25) is 9.59 Å². The van der Waals surface area contributed by atoms with E-state index in [1.807, 2.05) is 46.8 Å². The predicted molar refractivity (Wildman–Crippen MR) is 161 cm³/mol. The summed E-state index contributed by atoms with van der Waals surface area (Å²) >= 11 is 0. The van der Waals surface area contributed by atoms with Crippen LogP contribution in [0.25, 0.3) is 10.9 Å². The molecule has 4 rings (SSSR count). The van der Waals surface area contributed by atoms with Gasteiger partial charge in [-0.25, -0.2) is 12.4 Å². The van der Waals surface area contributed by atoms with E-state index in [9.17, 15) is 18.0 Å². The van der Waals surface area contributed by atoms with Crippen LogP contribution in [-0.4, -0.2) is 38.5 Å².